The molecule has 0 spiro atoms. The summed E-state index contributed by atoms with van der Waals surface area (Å²) in [5.74, 6) is 1.82. The predicted molar refractivity (Wildman–Crippen MR) is 207 cm³/mol. The second-order valence-electron chi connectivity index (χ2n) is 12.1. The number of hydrogen-bond acceptors (Lipinski definition) is 5. The van der Waals surface area contributed by atoms with Gasteiger partial charge in [-0.15, -0.1) is 11.3 Å². The maximum absolute atomic E-state index is 8.80. The Hall–Kier alpha value is -6.43. The minimum absolute atomic E-state index is 0.113. The third-order valence-corrected chi connectivity index (χ3v) is 10.2. The normalized spacial score (nSPS) is 12.7. The lowest BCUT2D eigenvalue weighted by atomic mass is 9.95. The van der Waals surface area contributed by atoms with Crippen molar-refractivity contribution in [1.29, 1.82) is 0 Å². The molecule has 3 aromatic heterocycles. The van der Waals surface area contributed by atoms with Gasteiger partial charge in [-0.25, -0.2) is 15.0 Å². The number of nitrogens with zero attached hydrogens (tertiary/aromatic N) is 3. The van der Waals surface area contributed by atoms with Gasteiger partial charge in [-0.3, -0.25) is 0 Å². The number of para-hydroxylation sites is 1. The van der Waals surface area contributed by atoms with Crippen LogP contribution in [0.15, 0.2) is 168 Å². The van der Waals surface area contributed by atoms with Crippen LogP contribution in [0.2, 0.25) is 0 Å². The van der Waals surface area contributed by atoms with E-state index in [1.807, 2.05) is 103 Å². The third kappa shape index (κ3) is 4.79. The quantitative estimate of drug-likeness (QED) is 0.184. The molecule has 7 aromatic carbocycles. The highest BCUT2D eigenvalue weighted by molar-refractivity contribution is 7.26. The Morgan fingerprint density at radius 2 is 1.12 bits per heavy atom. The molecule has 0 bridgehead atoms. The van der Waals surface area contributed by atoms with Crippen LogP contribution in [0, 0.1) is 0 Å². The molecule has 50 heavy (non-hydrogen) atoms. The van der Waals surface area contributed by atoms with Gasteiger partial charge in [0.05, 0.1) is 5.48 Å². The van der Waals surface area contributed by atoms with E-state index in [9.17, 15) is 0 Å². The first-order chi connectivity index (χ1) is 26.4. The molecular formula is C45H27N3OS. The van der Waals surface area contributed by atoms with Crippen LogP contribution in [-0.2, 0) is 0 Å². The van der Waals surface area contributed by atoms with E-state index in [0.29, 0.717) is 33.8 Å². The van der Waals surface area contributed by atoms with E-state index in [-0.39, 0.29) is 29.8 Å². The van der Waals surface area contributed by atoms with Gasteiger partial charge < -0.3 is 4.42 Å². The number of rotatable bonds is 5. The van der Waals surface area contributed by atoms with E-state index in [0.717, 1.165) is 59.1 Å². The summed E-state index contributed by atoms with van der Waals surface area (Å²) in [6, 6.07) is 45.7. The molecule has 0 aliphatic heterocycles. The Bertz CT molecular complexity index is 3030. The van der Waals surface area contributed by atoms with Gasteiger partial charge in [0, 0.05) is 53.2 Å². The summed E-state index contributed by atoms with van der Waals surface area (Å²) in [6.07, 6.45) is 0. The largest absolute Gasteiger partial charge is 0.455 e. The van der Waals surface area contributed by atoms with Gasteiger partial charge in [0.25, 0.3) is 0 Å². The number of fused-ring (bicyclic) bond motifs is 6. The minimum atomic E-state index is -0.313. The fraction of sp³-hybridized carbons (Fsp3) is 0. The van der Waals surface area contributed by atoms with Gasteiger partial charge in [0.2, 0.25) is 0 Å². The lowest BCUT2D eigenvalue weighted by molar-refractivity contribution is 0.670. The van der Waals surface area contributed by atoms with Gasteiger partial charge in [-0.05, 0) is 47.0 Å². The molecule has 10 aromatic rings. The first kappa shape index (κ1) is 24.7. The fourth-order valence-electron chi connectivity index (χ4n) is 6.71. The van der Waals surface area contributed by atoms with Crippen molar-refractivity contribution in [1.82, 2.24) is 15.0 Å². The molecule has 0 radical (unpaired) electrons. The summed E-state index contributed by atoms with van der Waals surface area (Å²) < 4.78 is 42.5. The van der Waals surface area contributed by atoms with Crippen LogP contribution in [0.3, 0.4) is 0 Å². The van der Waals surface area contributed by atoms with Gasteiger partial charge in [0.1, 0.15) is 11.2 Å². The summed E-state index contributed by atoms with van der Waals surface area (Å²) in [7, 11) is 0. The Kier molecular flexibility index (Phi) is 5.73. The molecule has 4 nitrogen and oxygen atoms in total. The molecule has 10 rings (SSSR count). The zero-order valence-electron chi connectivity index (χ0n) is 30.4. The summed E-state index contributed by atoms with van der Waals surface area (Å²) >= 11 is 1.71. The van der Waals surface area contributed by atoms with E-state index < -0.39 is 0 Å². The zero-order valence-corrected chi connectivity index (χ0v) is 27.3. The second-order valence-corrected chi connectivity index (χ2v) is 13.2. The first-order valence-corrected chi connectivity index (χ1v) is 17.1. The topological polar surface area (TPSA) is 51.8 Å². The van der Waals surface area contributed by atoms with E-state index in [1.165, 1.54) is 0 Å². The van der Waals surface area contributed by atoms with Crippen molar-refractivity contribution in [2.45, 2.75) is 0 Å². The van der Waals surface area contributed by atoms with Crippen molar-refractivity contribution < 1.29 is 9.90 Å². The van der Waals surface area contributed by atoms with E-state index >= 15 is 0 Å². The number of aromatic nitrogens is 3. The SMILES string of the molecule is [2H]c1c([2H])c([2H])c2c(oc3c(-c4ccccc4)cc(-c4ccc5c(c4)sc4cccc(-c6nc(-c7ccccc7)nc(-c7ccccc7)n6)c45)cc32)c1[2H]. The lowest BCUT2D eigenvalue weighted by Gasteiger charge is -2.10. The van der Waals surface area contributed by atoms with Gasteiger partial charge in [0.15, 0.2) is 17.5 Å². The predicted octanol–water partition coefficient (Wildman–Crippen LogP) is 12.5. The van der Waals surface area contributed by atoms with E-state index in [4.69, 9.17) is 24.9 Å². The molecule has 0 atom stereocenters. The number of benzene rings is 7. The molecule has 0 unspecified atom stereocenters. The molecular weight excluding hydrogens is 631 g/mol. The van der Waals surface area contributed by atoms with Crippen LogP contribution in [0.4, 0.5) is 0 Å². The van der Waals surface area contributed by atoms with Crippen LogP contribution in [0.25, 0.3) is 98.5 Å². The molecule has 5 heteroatoms. The maximum atomic E-state index is 8.80. The summed E-state index contributed by atoms with van der Waals surface area (Å²) in [5, 5.41) is 3.19. The Morgan fingerprint density at radius 3 is 1.84 bits per heavy atom. The average molecular weight is 662 g/mol. The molecule has 0 saturated heterocycles. The van der Waals surface area contributed by atoms with Gasteiger partial charge >= 0.3 is 0 Å². The molecule has 0 aliphatic rings. The van der Waals surface area contributed by atoms with Crippen molar-refractivity contribution in [2.75, 3.05) is 0 Å². The molecule has 0 fully saturated rings. The van der Waals surface area contributed by atoms with E-state index in [1.54, 1.807) is 11.3 Å². The molecule has 234 valence electrons. The first-order valence-electron chi connectivity index (χ1n) is 18.3. The van der Waals surface area contributed by atoms with Crippen molar-refractivity contribution in [2.24, 2.45) is 0 Å². The van der Waals surface area contributed by atoms with Gasteiger partial charge in [-0.2, -0.15) is 0 Å². The van der Waals surface area contributed by atoms with Crippen molar-refractivity contribution in [3.8, 4) is 56.4 Å². The van der Waals surface area contributed by atoms with E-state index in [2.05, 4.69) is 36.4 Å². The zero-order chi connectivity index (χ0) is 36.5. The van der Waals surface area contributed by atoms with Crippen LogP contribution in [0.1, 0.15) is 5.48 Å². The number of thiophene rings is 1. The highest BCUT2D eigenvalue weighted by Gasteiger charge is 2.19. The Labute approximate surface area is 297 Å². The number of hydrogen-bond donors (Lipinski definition) is 0. The van der Waals surface area contributed by atoms with Crippen LogP contribution in [0.5, 0.6) is 0 Å². The Balaban J connectivity index is 1.18. The maximum Gasteiger partial charge on any atom is 0.164 e. The monoisotopic (exact) mass is 661 g/mol. The van der Waals surface area contributed by atoms with Crippen LogP contribution < -0.4 is 0 Å². The smallest absolute Gasteiger partial charge is 0.164 e. The molecule has 0 saturated carbocycles. The third-order valence-electron chi connectivity index (χ3n) is 9.07. The summed E-state index contributed by atoms with van der Waals surface area (Å²) in [5.41, 5.74) is 7.06. The van der Waals surface area contributed by atoms with Crippen molar-refractivity contribution in [3.05, 3.63) is 164 Å². The van der Waals surface area contributed by atoms with Crippen LogP contribution in [-0.4, -0.2) is 15.0 Å². The highest BCUT2D eigenvalue weighted by atomic mass is 32.1. The molecule has 0 amide bonds. The minimum Gasteiger partial charge on any atom is -0.455 e. The van der Waals surface area contributed by atoms with Gasteiger partial charge in [-0.1, -0.05) is 133 Å². The fourth-order valence-corrected chi connectivity index (χ4v) is 7.88. The van der Waals surface area contributed by atoms with Crippen molar-refractivity contribution >= 4 is 53.4 Å². The van der Waals surface area contributed by atoms with Crippen LogP contribution >= 0.6 is 11.3 Å². The second kappa shape index (κ2) is 11.6. The van der Waals surface area contributed by atoms with Crippen molar-refractivity contribution in [3.63, 3.8) is 0 Å². The summed E-state index contributed by atoms with van der Waals surface area (Å²) in [4.78, 5) is 15.0. The summed E-state index contributed by atoms with van der Waals surface area (Å²) in [6.45, 7) is 0. The Morgan fingerprint density at radius 1 is 0.460 bits per heavy atom. The number of furan rings is 1. The average Bonchev–Trinajstić information content (AvgIpc) is 3.81. The molecule has 0 aliphatic carbocycles. The molecule has 0 N–H and O–H groups in total. The highest BCUT2D eigenvalue weighted by Crippen LogP contribution is 2.43. The molecule has 3 heterocycles. The lowest BCUT2D eigenvalue weighted by Crippen LogP contribution is -2.00. The standard InChI is InChI=1S/C45H27N3OS/c1-4-13-28(14-5-1)36-25-32(26-37-33-19-10-11-21-38(33)49-42(36)37)31-23-24-34-40(27-31)50-39-22-12-20-35(41(34)39)45-47-43(29-15-6-2-7-16-29)46-44(48-45)30-17-8-3-9-18-30/h1-27H/i10D,11D,19D,21D.